The summed E-state index contributed by atoms with van der Waals surface area (Å²) in [7, 11) is -3.44. The molecule has 1 aromatic heterocycles. The number of benzene rings is 3. The first kappa shape index (κ1) is 20.3. The van der Waals surface area contributed by atoms with Gasteiger partial charge >= 0.3 is 0 Å². The van der Waals surface area contributed by atoms with Crippen LogP contribution >= 0.6 is 11.3 Å². The Morgan fingerprint density at radius 1 is 0.967 bits per heavy atom. The minimum atomic E-state index is -3.44. The second-order valence-electron chi connectivity index (χ2n) is 7.14. The molecule has 0 saturated heterocycles. The highest BCUT2D eigenvalue weighted by Gasteiger charge is 2.20. The molecule has 0 bridgehead atoms. The van der Waals surface area contributed by atoms with Gasteiger partial charge in [-0.1, -0.05) is 18.2 Å². The smallest absolute Gasteiger partial charge is 0.255 e. The molecule has 0 unspecified atom stereocenters. The third-order valence-corrected chi connectivity index (χ3v) is 7.97. The fraction of sp³-hybridized carbons (Fsp3) is 0.130. The van der Waals surface area contributed by atoms with Crippen molar-refractivity contribution in [2.45, 2.75) is 24.0 Å². The molecule has 5 nitrogen and oxygen atoms in total. The lowest BCUT2D eigenvalue weighted by Gasteiger charge is -2.10. The average Bonchev–Trinajstić information content (AvgIpc) is 3.18. The van der Waals surface area contributed by atoms with E-state index in [0.29, 0.717) is 11.3 Å². The molecule has 1 N–H and O–H groups in total. The maximum absolute atomic E-state index is 12.6. The Labute approximate surface area is 179 Å². The Balaban J connectivity index is 1.53. The zero-order valence-electron chi connectivity index (χ0n) is 16.5. The molecule has 0 radical (unpaired) electrons. The van der Waals surface area contributed by atoms with E-state index in [2.05, 4.69) is 10.3 Å². The van der Waals surface area contributed by atoms with Gasteiger partial charge in [-0.15, -0.1) is 11.3 Å². The molecular weight excluding hydrogens is 416 g/mol. The number of amides is 1. The number of rotatable bonds is 5. The lowest BCUT2D eigenvalue weighted by molar-refractivity contribution is 0.102. The molecule has 0 spiro atoms. The molecule has 4 aromatic rings. The summed E-state index contributed by atoms with van der Waals surface area (Å²) in [5, 5.41) is 3.19. The fourth-order valence-electron chi connectivity index (χ4n) is 2.98. The highest BCUT2D eigenvalue weighted by molar-refractivity contribution is 7.92. The maximum Gasteiger partial charge on any atom is 0.255 e. The molecule has 152 valence electrons. The molecule has 0 aliphatic heterocycles. The molecule has 0 atom stereocenters. The number of nitrogens with zero attached hydrogens (tertiary/aromatic N) is 1. The molecule has 0 aliphatic carbocycles. The summed E-state index contributed by atoms with van der Waals surface area (Å²) in [4.78, 5) is 17.4. The number of anilines is 1. The van der Waals surface area contributed by atoms with Gasteiger partial charge in [0.05, 0.1) is 20.4 Å². The summed E-state index contributed by atoms with van der Waals surface area (Å²) in [5.74, 6) is -0.358. The van der Waals surface area contributed by atoms with Crippen LogP contribution in [-0.4, -0.2) is 24.6 Å². The van der Waals surface area contributed by atoms with Crippen molar-refractivity contribution in [3.63, 3.8) is 0 Å². The molecule has 30 heavy (non-hydrogen) atoms. The summed E-state index contributed by atoms with van der Waals surface area (Å²) in [5.41, 5.74) is 2.86. The van der Waals surface area contributed by atoms with Crippen molar-refractivity contribution < 1.29 is 13.2 Å². The van der Waals surface area contributed by atoms with Crippen LogP contribution < -0.4 is 5.32 Å². The van der Waals surface area contributed by atoms with Crippen molar-refractivity contribution in [2.24, 2.45) is 0 Å². The normalized spacial score (nSPS) is 11.7. The Morgan fingerprint density at radius 2 is 1.70 bits per heavy atom. The van der Waals surface area contributed by atoms with Gasteiger partial charge in [0, 0.05) is 16.8 Å². The summed E-state index contributed by atoms with van der Waals surface area (Å²) < 4.78 is 25.9. The number of hydrogen-bond donors (Lipinski definition) is 1. The first-order valence-corrected chi connectivity index (χ1v) is 11.8. The summed E-state index contributed by atoms with van der Waals surface area (Å²) in [6, 6.07) is 21.5. The second-order valence-corrected chi connectivity index (χ2v) is 10.7. The number of hydrogen-bond acceptors (Lipinski definition) is 5. The molecule has 7 heteroatoms. The third-order valence-electron chi connectivity index (χ3n) is 4.73. The SMILES string of the molecule is CC(C)S(=O)(=O)c1cccc(C(=O)Nc2ccc(-c3nc4ccccc4s3)cc2)c1. The van der Waals surface area contributed by atoms with E-state index in [4.69, 9.17) is 0 Å². The van der Waals surface area contributed by atoms with Crippen molar-refractivity contribution in [1.82, 2.24) is 4.98 Å². The monoisotopic (exact) mass is 436 g/mol. The lowest BCUT2D eigenvalue weighted by atomic mass is 10.2. The third kappa shape index (κ3) is 3.99. The zero-order valence-corrected chi connectivity index (χ0v) is 18.1. The van der Waals surface area contributed by atoms with Crippen LogP contribution in [0.15, 0.2) is 77.7 Å². The van der Waals surface area contributed by atoms with Crippen LogP contribution in [0.4, 0.5) is 5.69 Å². The Morgan fingerprint density at radius 3 is 2.40 bits per heavy atom. The number of para-hydroxylation sites is 1. The quantitative estimate of drug-likeness (QED) is 0.455. The van der Waals surface area contributed by atoms with Gasteiger partial charge < -0.3 is 5.32 Å². The Bertz CT molecular complexity index is 1290. The number of aromatic nitrogens is 1. The number of fused-ring (bicyclic) bond motifs is 1. The van der Waals surface area contributed by atoms with E-state index in [1.54, 1.807) is 37.3 Å². The van der Waals surface area contributed by atoms with Crippen molar-refractivity contribution in [3.05, 3.63) is 78.4 Å². The summed E-state index contributed by atoms with van der Waals surface area (Å²) in [6.07, 6.45) is 0. The van der Waals surface area contributed by atoms with Gasteiger partial charge in [-0.3, -0.25) is 4.79 Å². The van der Waals surface area contributed by atoms with E-state index in [1.165, 1.54) is 12.1 Å². The minimum absolute atomic E-state index is 0.149. The number of nitrogens with one attached hydrogen (secondary N) is 1. The molecule has 4 rings (SSSR count). The predicted octanol–water partition coefficient (Wildman–Crippen LogP) is 5.40. The van der Waals surface area contributed by atoms with Crippen LogP contribution in [0.5, 0.6) is 0 Å². The van der Waals surface area contributed by atoms with Crippen LogP contribution in [0.25, 0.3) is 20.8 Å². The molecular formula is C23H20N2O3S2. The van der Waals surface area contributed by atoms with E-state index in [-0.39, 0.29) is 10.8 Å². The standard InChI is InChI=1S/C23H20N2O3S2/c1-15(2)30(27,28)19-7-5-6-17(14-19)22(26)24-18-12-10-16(11-13-18)23-25-20-8-3-4-9-21(20)29-23/h3-15H,1-2H3,(H,24,26). The van der Waals surface area contributed by atoms with Crippen molar-refractivity contribution in [1.29, 1.82) is 0 Å². The topological polar surface area (TPSA) is 76.1 Å². The maximum atomic E-state index is 12.6. The number of carbonyl (C=O) groups is 1. The van der Waals surface area contributed by atoms with Crippen LogP contribution in [-0.2, 0) is 9.84 Å². The van der Waals surface area contributed by atoms with Crippen LogP contribution in [0.1, 0.15) is 24.2 Å². The second kappa shape index (κ2) is 8.01. The van der Waals surface area contributed by atoms with Crippen molar-refractivity contribution in [3.8, 4) is 10.6 Å². The first-order valence-electron chi connectivity index (χ1n) is 9.46. The largest absolute Gasteiger partial charge is 0.322 e. The van der Waals surface area contributed by atoms with Crippen LogP contribution in [0.2, 0.25) is 0 Å². The molecule has 1 heterocycles. The van der Waals surface area contributed by atoms with Crippen LogP contribution in [0.3, 0.4) is 0 Å². The molecule has 0 aliphatic rings. The highest BCUT2D eigenvalue weighted by Crippen LogP contribution is 2.30. The average molecular weight is 437 g/mol. The highest BCUT2D eigenvalue weighted by atomic mass is 32.2. The molecule has 1 amide bonds. The van der Waals surface area contributed by atoms with Gasteiger partial charge in [-0.05, 0) is 68.4 Å². The molecule has 0 fully saturated rings. The van der Waals surface area contributed by atoms with Gasteiger partial charge in [0.2, 0.25) is 0 Å². The summed E-state index contributed by atoms with van der Waals surface area (Å²) >= 11 is 1.62. The fourth-order valence-corrected chi connectivity index (χ4v) is 5.06. The zero-order chi connectivity index (χ0) is 21.3. The number of thiazole rings is 1. The van der Waals surface area contributed by atoms with E-state index in [1.807, 2.05) is 48.5 Å². The van der Waals surface area contributed by atoms with Gasteiger partial charge in [0.1, 0.15) is 5.01 Å². The van der Waals surface area contributed by atoms with Gasteiger partial charge in [0.25, 0.3) is 5.91 Å². The number of carbonyl (C=O) groups excluding carboxylic acids is 1. The van der Waals surface area contributed by atoms with Crippen molar-refractivity contribution in [2.75, 3.05) is 5.32 Å². The lowest BCUT2D eigenvalue weighted by Crippen LogP contribution is -2.16. The number of sulfone groups is 1. The minimum Gasteiger partial charge on any atom is -0.322 e. The van der Waals surface area contributed by atoms with Gasteiger partial charge in [0.15, 0.2) is 9.84 Å². The first-order chi connectivity index (χ1) is 14.3. The Hall–Kier alpha value is -3.03. The van der Waals surface area contributed by atoms with Gasteiger partial charge in [-0.2, -0.15) is 0 Å². The summed E-state index contributed by atoms with van der Waals surface area (Å²) in [6.45, 7) is 3.24. The van der Waals surface area contributed by atoms with Gasteiger partial charge in [-0.25, -0.2) is 13.4 Å². The van der Waals surface area contributed by atoms with E-state index in [9.17, 15) is 13.2 Å². The predicted molar refractivity (Wildman–Crippen MR) is 122 cm³/mol. The van der Waals surface area contributed by atoms with Crippen LogP contribution in [0, 0.1) is 0 Å². The molecule has 0 saturated carbocycles. The van der Waals surface area contributed by atoms with E-state index < -0.39 is 15.1 Å². The Kier molecular flexibility index (Phi) is 5.40. The molecule has 3 aromatic carbocycles. The van der Waals surface area contributed by atoms with Crippen molar-refractivity contribution >= 4 is 43.0 Å². The van der Waals surface area contributed by atoms with E-state index >= 15 is 0 Å². The van der Waals surface area contributed by atoms with E-state index in [0.717, 1.165) is 20.8 Å².